The molecule has 0 unspecified atom stereocenters. The fraction of sp³-hybridized carbons (Fsp3) is 0.381. The van der Waals surface area contributed by atoms with E-state index >= 15 is 0 Å². The third-order valence-corrected chi connectivity index (χ3v) is 4.80. The Balaban J connectivity index is 2.25. The Hall–Kier alpha value is -3.33. The van der Waals surface area contributed by atoms with Crippen LogP contribution in [0.2, 0.25) is 0 Å². The van der Waals surface area contributed by atoms with E-state index in [4.69, 9.17) is 24.7 Å². The molecule has 1 spiro atoms. The van der Waals surface area contributed by atoms with Crippen LogP contribution in [0.1, 0.15) is 26.3 Å². The van der Waals surface area contributed by atoms with Gasteiger partial charge in [-0.2, -0.15) is 0 Å². The number of methoxy groups -OCH3 is 1. The molecular weight excluding hydrogens is 392 g/mol. The molecule has 2 aliphatic rings. The summed E-state index contributed by atoms with van der Waals surface area (Å²) in [6, 6.07) is 6.73. The average molecular weight is 416 g/mol. The van der Waals surface area contributed by atoms with Gasteiger partial charge < -0.3 is 30.0 Å². The number of esters is 3. The Morgan fingerprint density at radius 3 is 2.53 bits per heavy atom. The molecule has 9 nitrogen and oxygen atoms in total. The number of cyclic esters (lactones) is 1. The maximum atomic E-state index is 13.3. The minimum atomic E-state index is -1.91. The summed E-state index contributed by atoms with van der Waals surface area (Å²) < 4.78 is 20.9. The van der Waals surface area contributed by atoms with Gasteiger partial charge in [0.15, 0.2) is 5.41 Å². The van der Waals surface area contributed by atoms with Gasteiger partial charge in [-0.15, -0.1) is 0 Å². The fourth-order valence-corrected chi connectivity index (χ4v) is 3.69. The van der Waals surface area contributed by atoms with Gasteiger partial charge in [0.25, 0.3) is 0 Å². The van der Waals surface area contributed by atoms with Gasteiger partial charge in [-0.3, -0.25) is 0 Å². The first-order valence-electron chi connectivity index (χ1n) is 9.42. The summed E-state index contributed by atoms with van der Waals surface area (Å²) >= 11 is 0. The van der Waals surface area contributed by atoms with E-state index in [0.717, 1.165) is 0 Å². The number of fused-ring (bicyclic) bond motifs is 2. The number of benzene rings is 1. The number of carbonyl (C=O) groups excluding carboxylic acids is 3. The maximum Gasteiger partial charge on any atom is 0.339 e. The van der Waals surface area contributed by atoms with Crippen molar-refractivity contribution in [3.8, 4) is 0 Å². The standard InChI is InChI=1S/C21H24N2O7/c1-11(2)29-19(25)15-12(3)30-20(26)21(15)13-7-5-6-8-14(13)23-17(22)16(21)18(24)28-10-9-27-4/h5-8,11,23H,9-10,22H2,1-4H3/t21-/m1/s1. The molecule has 1 atom stereocenters. The lowest BCUT2D eigenvalue weighted by Crippen LogP contribution is -2.48. The number of allylic oxidation sites excluding steroid dienone is 1. The lowest BCUT2D eigenvalue weighted by molar-refractivity contribution is -0.148. The molecule has 2 heterocycles. The van der Waals surface area contributed by atoms with Crippen molar-refractivity contribution < 1.29 is 33.3 Å². The van der Waals surface area contributed by atoms with Crippen LogP contribution in [0.5, 0.6) is 0 Å². The first kappa shape index (κ1) is 21.4. The normalized spacial score (nSPS) is 20.2. The third-order valence-electron chi connectivity index (χ3n) is 4.80. The molecule has 3 N–H and O–H groups in total. The van der Waals surface area contributed by atoms with Crippen molar-refractivity contribution in [2.24, 2.45) is 5.73 Å². The first-order valence-corrected chi connectivity index (χ1v) is 9.42. The van der Waals surface area contributed by atoms with Gasteiger partial charge in [-0.1, -0.05) is 18.2 Å². The first-order chi connectivity index (χ1) is 14.2. The van der Waals surface area contributed by atoms with E-state index in [9.17, 15) is 14.4 Å². The number of nitrogens with two attached hydrogens (primary N) is 1. The smallest absolute Gasteiger partial charge is 0.339 e. The van der Waals surface area contributed by atoms with Crippen molar-refractivity contribution in [1.29, 1.82) is 0 Å². The second kappa shape index (κ2) is 8.19. The predicted octanol–water partition coefficient (Wildman–Crippen LogP) is 1.49. The molecule has 0 saturated heterocycles. The lowest BCUT2D eigenvalue weighted by Gasteiger charge is -2.36. The Labute approximate surface area is 173 Å². The van der Waals surface area contributed by atoms with E-state index < -0.39 is 29.4 Å². The summed E-state index contributed by atoms with van der Waals surface area (Å²) in [4.78, 5) is 39.4. The van der Waals surface area contributed by atoms with E-state index in [-0.39, 0.29) is 35.9 Å². The van der Waals surface area contributed by atoms with Crippen molar-refractivity contribution in [3.05, 3.63) is 52.6 Å². The van der Waals surface area contributed by atoms with Crippen molar-refractivity contribution in [2.45, 2.75) is 32.3 Å². The van der Waals surface area contributed by atoms with Crippen molar-refractivity contribution in [1.82, 2.24) is 0 Å². The SMILES string of the molecule is COCCOC(=O)C1=C(N)Nc2ccccc2[C@]12C(=O)OC(C)=C2C(=O)OC(C)C. The summed E-state index contributed by atoms with van der Waals surface area (Å²) in [6.07, 6.45) is -0.457. The lowest BCUT2D eigenvalue weighted by atomic mass is 9.67. The quantitative estimate of drug-likeness (QED) is 0.403. The zero-order valence-corrected chi connectivity index (χ0v) is 17.2. The maximum absolute atomic E-state index is 13.3. The summed E-state index contributed by atoms with van der Waals surface area (Å²) in [5, 5.41) is 2.91. The second-order valence-electron chi connectivity index (χ2n) is 7.11. The molecule has 0 radical (unpaired) electrons. The number of nitrogens with one attached hydrogen (secondary N) is 1. The molecule has 2 aliphatic heterocycles. The van der Waals surface area contributed by atoms with E-state index in [2.05, 4.69) is 5.32 Å². The van der Waals surface area contributed by atoms with Gasteiger partial charge >= 0.3 is 17.9 Å². The van der Waals surface area contributed by atoms with Gasteiger partial charge in [0, 0.05) is 18.4 Å². The Kier molecular flexibility index (Phi) is 5.84. The van der Waals surface area contributed by atoms with Crippen molar-refractivity contribution in [2.75, 3.05) is 25.6 Å². The minimum Gasteiger partial charge on any atom is -0.460 e. The largest absolute Gasteiger partial charge is 0.460 e. The van der Waals surface area contributed by atoms with Crippen LogP contribution in [0.25, 0.3) is 0 Å². The predicted molar refractivity (Wildman–Crippen MR) is 106 cm³/mol. The topological polar surface area (TPSA) is 126 Å². The molecular formula is C21H24N2O7. The van der Waals surface area contributed by atoms with Crippen LogP contribution in [0.4, 0.5) is 5.69 Å². The van der Waals surface area contributed by atoms with Gasteiger partial charge in [0.2, 0.25) is 0 Å². The second-order valence-corrected chi connectivity index (χ2v) is 7.11. The summed E-state index contributed by atoms with van der Waals surface area (Å²) in [5.41, 5.74) is 4.75. The number of anilines is 1. The molecule has 160 valence electrons. The zero-order valence-electron chi connectivity index (χ0n) is 17.2. The number of carbonyl (C=O) groups is 3. The Morgan fingerprint density at radius 2 is 1.87 bits per heavy atom. The zero-order chi connectivity index (χ0) is 22.1. The van der Waals surface area contributed by atoms with Crippen LogP contribution in [-0.2, 0) is 38.7 Å². The van der Waals surface area contributed by atoms with Gasteiger partial charge in [-0.25, -0.2) is 14.4 Å². The molecule has 0 amide bonds. The monoisotopic (exact) mass is 416 g/mol. The molecule has 0 fully saturated rings. The molecule has 0 aromatic heterocycles. The van der Waals surface area contributed by atoms with Crippen LogP contribution in [-0.4, -0.2) is 44.3 Å². The van der Waals surface area contributed by atoms with Crippen molar-refractivity contribution in [3.63, 3.8) is 0 Å². The molecule has 9 heteroatoms. The van der Waals surface area contributed by atoms with Gasteiger partial charge in [-0.05, 0) is 26.8 Å². The average Bonchev–Trinajstić information content (AvgIpc) is 2.92. The number of rotatable bonds is 6. The third kappa shape index (κ3) is 3.30. The summed E-state index contributed by atoms with van der Waals surface area (Å²) in [6.45, 7) is 4.92. The highest BCUT2D eigenvalue weighted by atomic mass is 16.6. The molecule has 0 saturated carbocycles. The molecule has 0 aliphatic carbocycles. The Bertz CT molecular complexity index is 964. The Morgan fingerprint density at radius 1 is 1.17 bits per heavy atom. The molecule has 1 aromatic carbocycles. The van der Waals surface area contributed by atoms with Crippen LogP contribution in [0, 0.1) is 0 Å². The molecule has 0 bridgehead atoms. The van der Waals surface area contributed by atoms with Crippen LogP contribution in [0.15, 0.2) is 47.0 Å². The summed E-state index contributed by atoms with van der Waals surface area (Å²) in [5.74, 6) is -2.55. The summed E-state index contributed by atoms with van der Waals surface area (Å²) in [7, 11) is 1.46. The number of hydrogen-bond acceptors (Lipinski definition) is 9. The van der Waals surface area contributed by atoms with Gasteiger partial charge in [0.1, 0.15) is 29.3 Å². The number of hydrogen-bond donors (Lipinski definition) is 2. The number of para-hydroxylation sites is 1. The van der Waals surface area contributed by atoms with E-state index in [0.29, 0.717) is 11.3 Å². The van der Waals surface area contributed by atoms with E-state index in [1.807, 2.05) is 0 Å². The van der Waals surface area contributed by atoms with Crippen molar-refractivity contribution >= 4 is 23.6 Å². The molecule has 1 aromatic rings. The molecule has 30 heavy (non-hydrogen) atoms. The van der Waals surface area contributed by atoms with Crippen LogP contribution in [0.3, 0.4) is 0 Å². The number of ether oxygens (including phenoxy) is 4. The van der Waals surface area contributed by atoms with E-state index in [1.165, 1.54) is 14.0 Å². The highest BCUT2D eigenvalue weighted by molar-refractivity contribution is 6.15. The minimum absolute atomic E-state index is 0.0392. The van der Waals surface area contributed by atoms with Gasteiger partial charge in [0.05, 0.1) is 12.7 Å². The van der Waals surface area contributed by atoms with Crippen LogP contribution < -0.4 is 11.1 Å². The van der Waals surface area contributed by atoms with E-state index in [1.54, 1.807) is 38.1 Å². The highest BCUT2D eigenvalue weighted by Crippen LogP contribution is 2.52. The van der Waals surface area contributed by atoms with Crippen LogP contribution >= 0.6 is 0 Å². The highest BCUT2D eigenvalue weighted by Gasteiger charge is 2.62. The fourth-order valence-electron chi connectivity index (χ4n) is 3.69. The molecule has 3 rings (SSSR count).